The minimum atomic E-state index is -0.638. The molecule has 0 fully saturated rings. The highest BCUT2D eigenvalue weighted by molar-refractivity contribution is 9.14. The van der Waals surface area contributed by atoms with Crippen molar-refractivity contribution in [2.75, 3.05) is 13.1 Å². The molecule has 0 saturated heterocycles. The van der Waals surface area contributed by atoms with Crippen molar-refractivity contribution in [2.45, 2.75) is 26.4 Å². The summed E-state index contributed by atoms with van der Waals surface area (Å²) in [5, 5.41) is 5.15. The number of carbonyl (C=O) groups is 3. The normalized spacial score (nSPS) is 22.2. The van der Waals surface area contributed by atoms with Crippen LogP contribution in [0.3, 0.4) is 0 Å². The summed E-state index contributed by atoms with van der Waals surface area (Å²) in [6, 6.07) is 0. The quantitative estimate of drug-likeness (QED) is 0.635. The lowest BCUT2D eigenvalue weighted by Crippen LogP contribution is -2.41. The summed E-state index contributed by atoms with van der Waals surface area (Å²) >= 11 is 6.06. The van der Waals surface area contributed by atoms with Crippen LogP contribution in [0.4, 0.5) is 0 Å². The average Bonchev–Trinajstić information content (AvgIpc) is 2.36. The molecule has 8 heteroatoms. The van der Waals surface area contributed by atoms with Crippen molar-refractivity contribution in [2.24, 2.45) is 5.92 Å². The first-order valence-corrected chi connectivity index (χ1v) is 7.55. The molecule has 0 aliphatic carbocycles. The molecule has 20 heavy (non-hydrogen) atoms. The topological polar surface area (TPSA) is 84.5 Å². The molecule has 6 nitrogen and oxygen atoms in total. The van der Waals surface area contributed by atoms with E-state index in [1.165, 1.54) is 0 Å². The number of esters is 1. The van der Waals surface area contributed by atoms with Crippen LogP contribution in [0.1, 0.15) is 20.8 Å². The van der Waals surface area contributed by atoms with Gasteiger partial charge in [-0.2, -0.15) is 0 Å². The number of hydrogen-bond acceptors (Lipinski definition) is 4. The molecule has 1 aliphatic heterocycles. The average molecular weight is 412 g/mol. The van der Waals surface area contributed by atoms with Gasteiger partial charge in [-0.15, -0.1) is 0 Å². The molecular weight excluding hydrogens is 396 g/mol. The molecule has 0 unspecified atom stereocenters. The largest absolute Gasteiger partial charge is 0.460 e. The van der Waals surface area contributed by atoms with Crippen LogP contribution in [0, 0.1) is 5.92 Å². The number of ether oxygens (including phenoxy) is 1. The van der Waals surface area contributed by atoms with Gasteiger partial charge < -0.3 is 15.4 Å². The highest BCUT2D eigenvalue weighted by Crippen LogP contribution is 2.20. The van der Waals surface area contributed by atoms with Crippen LogP contribution in [0.5, 0.6) is 0 Å². The molecular formula is C12H16Br2N2O4. The maximum atomic E-state index is 12.0. The number of hydrogen-bond donors (Lipinski definition) is 2. The van der Waals surface area contributed by atoms with E-state index in [1.54, 1.807) is 20.8 Å². The van der Waals surface area contributed by atoms with Crippen molar-refractivity contribution < 1.29 is 19.1 Å². The third kappa shape index (κ3) is 4.90. The van der Waals surface area contributed by atoms with Gasteiger partial charge in [0.1, 0.15) is 14.6 Å². The molecule has 1 rings (SSSR count). The van der Waals surface area contributed by atoms with Crippen LogP contribution in [-0.2, 0) is 19.1 Å². The Morgan fingerprint density at radius 1 is 1.10 bits per heavy atom. The van der Waals surface area contributed by atoms with E-state index in [-0.39, 0.29) is 22.1 Å². The maximum absolute atomic E-state index is 12.0. The van der Waals surface area contributed by atoms with Crippen LogP contribution in [-0.4, -0.2) is 36.5 Å². The number of nitrogens with one attached hydrogen (secondary N) is 2. The summed E-state index contributed by atoms with van der Waals surface area (Å²) in [4.78, 5) is 35.5. The SMILES string of the molecule is CC(C)(C)OC(=O)C1CNC(=O)/C(Br)=C(/Br)C(=O)NC1. The Balaban J connectivity index is 2.84. The fourth-order valence-electron chi connectivity index (χ4n) is 1.41. The van der Waals surface area contributed by atoms with Crippen molar-refractivity contribution in [1.82, 2.24) is 10.6 Å². The zero-order valence-electron chi connectivity index (χ0n) is 11.4. The van der Waals surface area contributed by atoms with E-state index in [0.29, 0.717) is 0 Å². The van der Waals surface area contributed by atoms with Crippen molar-refractivity contribution in [1.29, 1.82) is 0 Å². The molecule has 0 atom stereocenters. The summed E-state index contributed by atoms with van der Waals surface area (Å²) < 4.78 is 5.43. The lowest BCUT2D eigenvalue weighted by molar-refractivity contribution is -0.159. The van der Waals surface area contributed by atoms with Gasteiger partial charge in [-0.1, -0.05) is 0 Å². The number of rotatable bonds is 1. The Bertz CT molecular complexity index is 441. The van der Waals surface area contributed by atoms with Gasteiger partial charge in [-0.25, -0.2) is 0 Å². The second kappa shape index (κ2) is 6.71. The monoisotopic (exact) mass is 410 g/mol. The van der Waals surface area contributed by atoms with Crippen molar-refractivity contribution in [3.05, 3.63) is 8.96 Å². The standard InChI is InChI=1S/C12H16Br2N2O4/c1-12(2,3)20-11(19)6-4-15-9(17)7(13)8(14)10(18)16-5-6/h6H,4-5H2,1-3H3,(H,15,17)(H,16,18)/b8-7-. The van der Waals surface area contributed by atoms with Crippen LogP contribution >= 0.6 is 31.9 Å². The van der Waals surface area contributed by atoms with Gasteiger partial charge in [0.2, 0.25) is 0 Å². The Hall–Kier alpha value is -0.890. The van der Waals surface area contributed by atoms with E-state index in [0.717, 1.165) is 0 Å². The predicted molar refractivity (Wildman–Crippen MR) is 80.2 cm³/mol. The second-order valence-corrected chi connectivity index (χ2v) is 6.86. The second-order valence-electron chi connectivity index (χ2n) is 5.28. The third-order valence-corrected chi connectivity index (χ3v) is 4.39. The molecule has 112 valence electrons. The van der Waals surface area contributed by atoms with Crippen LogP contribution in [0.15, 0.2) is 8.96 Å². The maximum Gasteiger partial charge on any atom is 0.313 e. The Labute approximate surface area is 133 Å². The number of amides is 2. The highest BCUT2D eigenvalue weighted by Gasteiger charge is 2.29. The molecule has 1 heterocycles. The van der Waals surface area contributed by atoms with Crippen LogP contribution in [0.25, 0.3) is 0 Å². The summed E-state index contributed by atoms with van der Waals surface area (Å²) in [7, 11) is 0. The Morgan fingerprint density at radius 3 is 1.85 bits per heavy atom. The first-order chi connectivity index (χ1) is 9.11. The fraction of sp³-hybridized carbons (Fsp3) is 0.583. The molecule has 2 N–H and O–H groups in total. The first kappa shape index (κ1) is 17.2. The summed E-state index contributed by atoms with van der Waals surface area (Å²) in [5.41, 5.74) is -0.622. The zero-order valence-corrected chi connectivity index (χ0v) is 14.6. The molecule has 0 aromatic heterocycles. The number of carbonyl (C=O) groups excluding carboxylic acids is 3. The van der Waals surface area contributed by atoms with Gasteiger partial charge in [0, 0.05) is 13.1 Å². The molecule has 0 radical (unpaired) electrons. The Morgan fingerprint density at radius 2 is 1.50 bits per heavy atom. The lowest BCUT2D eigenvalue weighted by Gasteiger charge is -2.24. The van der Waals surface area contributed by atoms with E-state index >= 15 is 0 Å². The minimum Gasteiger partial charge on any atom is -0.460 e. The minimum absolute atomic E-state index is 0.0832. The Kier molecular flexibility index (Phi) is 5.76. The van der Waals surface area contributed by atoms with Gasteiger partial charge in [0.15, 0.2) is 0 Å². The van der Waals surface area contributed by atoms with Crippen LogP contribution in [0.2, 0.25) is 0 Å². The number of halogens is 2. The van der Waals surface area contributed by atoms with Gasteiger partial charge >= 0.3 is 5.97 Å². The van der Waals surface area contributed by atoms with E-state index in [1.807, 2.05) is 0 Å². The predicted octanol–water partition coefficient (Wildman–Crippen LogP) is 1.19. The van der Waals surface area contributed by atoms with Crippen molar-refractivity contribution in [3.63, 3.8) is 0 Å². The summed E-state index contributed by atoms with van der Waals surface area (Å²) in [6.07, 6.45) is 0. The van der Waals surface area contributed by atoms with Gasteiger partial charge in [0.05, 0.1) is 5.92 Å². The van der Waals surface area contributed by atoms with Gasteiger partial charge in [-0.05, 0) is 52.6 Å². The lowest BCUT2D eigenvalue weighted by atomic mass is 10.1. The van der Waals surface area contributed by atoms with E-state index in [2.05, 4.69) is 42.5 Å². The zero-order chi connectivity index (χ0) is 15.5. The van der Waals surface area contributed by atoms with E-state index in [9.17, 15) is 14.4 Å². The molecule has 2 amide bonds. The van der Waals surface area contributed by atoms with E-state index in [4.69, 9.17) is 4.74 Å². The fourth-order valence-corrected chi connectivity index (χ4v) is 2.05. The summed E-state index contributed by atoms with van der Waals surface area (Å²) in [6.45, 7) is 5.44. The van der Waals surface area contributed by atoms with Crippen LogP contribution < -0.4 is 10.6 Å². The molecule has 0 spiro atoms. The third-order valence-electron chi connectivity index (χ3n) is 2.35. The van der Waals surface area contributed by atoms with Crippen molar-refractivity contribution >= 4 is 49.6 Å². The molecule has 0 saturated carbocycles. The van der Waals surface area contributed by atoms with Gasteiger partial charge in [-0.3, -0.25) is 14.4 Å². The highest BCUT2D eigenvalue weighted by atomic mass is 79.9. The van der Waals surface area contributed by atoms with E-state index < -0.39 is 29.3 Å². The molecule has 0 aromatic rings. The molecule has 1 aliphatic rings. The first-order valence-electron chi connectivity index (χ1n) is 5.96. The molecule has 0 aromatic carbocycles. The smallest absolute Gasteiger partial charge is 0.313 e. The molecule has 0 bridgehead atoms. The summed E-state index contributed by atoms with van der Waals surface area (Å²) in [5.74, 6) is -2.04. The van der Waals surface area contributed by atoms with Gasteiger partial charge in [0.25, 0.3) is 11.8 Å². The van der Waals surface area contributed by atoms with Crippen molar-refractivity contribution in [3.8, 4) is 0 Å².